The zero-order chi connectivity index (χ0) is 14.2. The van der Waals surface area contributed by atoms with Gasteiger partial charge in [0.05, 0.1) is 12.8 Å². The maximum absolute atomic E-state index is 5.70. The van der Waals surface area contributed by atoms with Gasteiger partial charge in [-0.3, -0.25) is 0 Å². The third-order valence-corrected chi connectivity index (χ3v) is 4.26. The number of hydrogen-bond donors (Lipinski definition) is 1. The molecule has 3 nitrogen and oxygen atoms in total. The van der Waals surface area contributed by atoms with E-state index in [1.807, 2.05) is 12.1 Å². The second-order valence-corrected chi connectivity index (χ2v) is 5.76. The lowest BCUT2D eigenvalue weighted by atomic mass is 9.89. The lowest BCUT2D eigenvalue weighted by molar-refractivity contribution is 0.355. The van der Waals surface area contributed by atoms with Gasteiger partial charge in [0, 0.05) is 13.1 Å². The molecule has 0 amide bonds. The van der Waals surface area contributed by atoms with Crippen LogP contribution in [0.5, 0.6) is 5.75 Å². The number of nitrogens with two attached hydrogens (primary N) is 1. The molecule has 1 aliphatic rings. The fourth-order valence-corrected chi connectivity index (χ4v) is 3.16. The molecule has 0 atom stereocenters. The minimum atomic E-state index is 0.746. The summed E-state index contributed by atoms with van der Waals surface area (Å²) in [5, 5.41) is 0. The number of ether oxygens (including phenoxy) is 1. The van der Waals surface area contributed by atoms with Crippen LogP contribution in [0, 0.1) is 5.92 Å². The summed E-state index contributed by atoms with van der Waals surface area (Å²) in [5.74, 6) is 1.80. The Kier molecular flexibility index (Phi) is 6.19. The van der Waals surface area contributed by atoms with Crippen molar-refractivity contribution in [2.45, 2.75) is 38.5 Å². The monoisotopic (exact) mass is 276 g/mol. The minimum Gasteiger partial charge on any atom is -0.495 e. The Morgan fingerprint density at radius 1 is 1.20 bits per heavy atom. The molecule has 2 N–H and O–H groups in total. The number of anilines is 1. The van der Waals surface area contributed by atoms with Gasteiger partial charge in [0.1, 0.15) is 5.75 Å². The molecule has 1 fully saturated rings. The fraction of sp³-hybridized carbons (Fsp3) is 0.647. The molecule has 1 aromatic rings. The van der Waals surface area contributed by atoms with Crippen LogP contribution in [-0.4, -0.2) is 26.7 Å². The first kappa shape index (κ1) is 15.2. The normalized spacial score (nSPS) is 16.1. The van der Waals surface area contributed by atoms with E-state index in [0.717, 1.165) is 37.7 Å². The predicted octanol–water partition coefficient (Wildman–Crippen LogP) is 3.43. The Morgan fingerprint density at radius 2 is 1.95 bits per heavy atom. The van der Waals surface area contributed by atoms with Gasteiger partial charge in [0.2, 0.25) is 0 Å². The lowest BCUT2D eigenvalue weighted by Crippen LogP contribution is -2.32. The van der Waals surface area contributed by atoms with Gasteiger partial charge < -0.3 is 15.4 Å². The van der Waals surface area contributed by atoms with Crippen LogP contribution in [0.1, 0.15) is 38.5 Å². The van der Waals surface area contributed by atoms with Gasteiger partial charge in [-0.25, -0.2) is 0 Å². The molecule has 1 saturated carbocycles. The molecule has 2 rings (SSSR count). The standard InChI is InChI=1S/C17H28N2O/c1-20-17-11-6-5-10-16(17)19(13-7-12-18)14-15-8-3-2-4-9-15/h5-6,10-11,15H,2-4,7-9,12-14,18H2,1H3. The van der Waals surface area contributed by atoms with Crippen LogP contribution in [0.25, 0.3) is 0 Å². The summed E-state index contributed by atoms with van der Waals surface area (Å²) in [6, 6.07) is 8.34. The van der Waals surface area contributed by atoms with Crippen molar-refractivity contribution in [2.24, 2.45) is 11.7 Å². The molecule has 0 aromatic heterocycles. The van der Waals surface area contributed by atoms with Crippen molar-refractivity contribution in [1.29, 1.82) is 0 Å². The van der Waals surface area contributed by atoms with Crippen LogP contribution in [0.4, 0.5) is 5.69 Å². The Labute approximate surface area is 123 Å². The van der Waals surface area contributed by atoms with E-state index in [9.17, 15) is 0 Å². The van der Waals surface area contributed by atoms with Crippen LogP contribution in [0.2, 0.25) is 0 Å². The Morgan fingerprint density at radius 3 is 2.65 bits per heavy atom. The highest BCUT2D eigenvalue weighted by molar-refractivity contribution is 5.58. The highest BCUT2D eigenvalue weighted by Crippen LogP contribution is 2.31. The van der Waals surface area contributed by atoms with Crippen LogP contribution >= 0.6 is 0 Å². The number of nitrogens with zero attached hydrogens (tertiary/aromatic N) is 1. The summed E-state index contributed by atoms with van der Waals surface area (Å²) in [6.45, 7) is 2.91. The minimum absolute atomic E-state index is 0.746. The van der Waals surface area contributed by atoms with Gasteiger partial charge in [-0.05, 0) is 43.9 Å². The number of para-hydroxylation sites is 2. The number of hydrogen-bond acceptors (Lipinski definition) is 3. The molecule has 1 aromatic carbocycles. The second kappa shape index (κ2) is 8.15. The Balaban J connectivity index is 2.08. The highest BCUT2D eigenvalue weighted by atomic mass is 16.5. The lowest BCUT2D eigenvalue weighted by Gasteiger charge is -2.32. The highest BCUT2D eigenvalue weighted by Gasteiger charge is 2.19. The topological polar surface area (TPSA) is 38.5 Å². The zero-order valence-corrected chi connectivity index (χ0v) is 12.7. The molecule has 20 heavy (non-hydrogen) atoms. The smallest absolute Gasteiger partial charge is 0.142 e. The molecule has 1 aliphatic carbocycles. The quantitative estimate of drug-likeness (QED) is 0.829. The third kappa shape index (κ3) is 4.14. The largest absolute Gasteiger partial charge is 0.495 e. The van der Waals surface area contributed by atoms with E-state index in [2.05, 4.69) is 17.0 Å². The van der Waals surface area contributed by atoms with Crippen LogP contribution in [0.15, 0.2) is 24.3 Å². The maximum Gasteiger partial charge on any atom is 0.142 e. The number of methoxy groups -OCH3 is 1. The van der Waals surface area contributed by atoms with Gasteiger partial charge in [0.25, 0.3) is 0 Å². The van der Waals surface area contributed by atoms with Crippen molar-refractivity contribution in [3.63, 3.8) is 0 Å². The van der Waals surface area contributed by atoms with Crippen molar-refractivity contribution in [3.05, 3.63) is 24.3 Å². The Bertz CT molecular complexity index is 388. The zero-order valence-electron chi connectivity index (χ0n) is 12.7. The molecule has 0 radical (unpaired) electrons. The molecule has 112 valence electrons. The molecule has 0 aliphatic heterocycles. The average Bonchev–Trinajstić information content (AvgIpc) is 2.52. The summed E-state index contributed by atoms with van der Waals surface area (Å²) in [6.07, 6.45) is 7.96. The molecular formula is C17H28N2O. The number of benzene rings is 1. The van der Waals surface area contributed by atoms with Gasteiger partial charge in [-0.2, -0.15) is 0 Å². The van der Waals surface area contributed by atoms with Crippen LogP contribution in [0.3, 0.4) is 0 Å². The van der Waals surface area contributed by atoms with E-state index in [1.54, 1.807) is 7.11 Å². The summed E-state index contributed by atoms with van der Waals surface area (Å²) < 4.78 is 5.52. The second-order valence-electron chi connectivity index (χ2n) is 5.76. The van der Waals surface area contributed by atoms with Crippen molar-refractivity contribution in [3.8, 4) is 5.75 Å². The Hall–Kier alpha value is -1.22. The van der Waals surface area contributed by atoms with Crippen molar-refractivity contribution in [2.75, 3.05) is 31.6 Å². The summed E-state index contributed by atoms with van der Waals surface area (Å²) in [5.41, 5.74) is 6.92. The van der Waals surface area contributed by atoms with E-state index >= 15 is 0 Å². The molecule has 0 bridgehead atoms. The van der Waals surface area contributed by atoms with E-state index in [0.29, 0.717) is 0 Å². The molecule has 3 heteroatoms. The first-order valence-electron chi connectivity index (χ1n) is 7.93. The van der Waals surface area contributed by atoms with Crippen molar-refractivity contribution in [1.82, 2.24) is 0 Å². The molecule has 0 unspecified atom stereocenters. The molecule has 0 spiro atoms. The van der Waals surface area contributed by atoms with Crippen molar-refractivity contribution < 1.29 is 4.74 Å². The first-order chi connectivity index (χ1) is 9.85. The number of rotatable bonds is 7. The van der Waals surface area contributed by atoms with Gasteiger partial charge >= 0.3 is 0 Å². The van der Waals surface area contributed by atoms with Crippen LogP contribution < -0.4 is 15.4 Å². The van der Waals surface area contributed by atoms with E-state index < -0.39 is 0 Å². The summed E-state index contributed by atoms with van der Waals surface area (Å²) >= 11 is 0. The molecule has 0 heterocycles. The summed E-state index contributed by atoms with van der Waals surface area (Å²) in [7, 11) is 1.75. The van der Waals surface area contributed by atoms with E-state index in [-0.39, 0.29) is 0 Å². The van der Waals surface area contributed by atoms with E-state index in [4.69, 9.17) is 10.5 Å². The molecule has 0 saturated heterocycles. The van der Waals surface area contributed by atoms with Crippen LogP contribution in [-0.2, 0) is 0 Å². The first-order valence-corrected chi connectivity index (χ1v) is 7.93. The predicted molar refractivity (Wildman–Crippen MR) is 85.5 cm³/mol. The summed E-state index contributed by atoms with van der Waals surface area (Å²) in [4.78, 5) is 2.47. The average molecular weight is 276 g/mol. The van der Waals surface area contributed by atoms with Gasteiger partial charge in [-0.1, -0.05) is 31.4 Å². The van der Waals surface area contributed by atoms with Crippen molar-refractivity contribution >= 4 is 5.69 Å². The maximum atomic E-state index is 5.70. The van der Waals surface area contributed by atoms with Gasteiger partial charge in [0.15, 0.2) is 0 Å². The SMILES string of the molecule is COc1ccccc1N(CCCN)CC1CCCCC1. The van der Waals surface area contributed by atoms with Gasteiger partial charge in [-0.15, -0.1) is 0 Å². The molecular weight excluding hydrogens is 248 g/mol. The third-order valence-electron chi connectivity index (χ3n) is 4.26. The fourth-order valence-electron chi connectivity index (χ4n) is 3.16. The van der Waals surface area contributed by atoms with E-state index in [1.165, 1.54) is 37.8 Å².